The molecular formula is C16H23N5O. The Bertz CT molecular complexity index is 546. The molecule has 0 aromatic carbocycles. The number of amides is 1. The maximum Gasteiger partial charge on any atom is 0.233 e. The predicted molar refractivity (Wildman–Crippen MR) is 85.5 cm³/mol. The van der Waals surface area contributed by atoms with Crippen LogP contribution in [-0.4, -0.2) is 56.1 Å². The molecule has 1 aliphatic rings. The van der Waals surface area contributed by atoms with Gasteiger partial charge in [0.05, 0.1) is 12.1 Å². The number of rotatable bonds is 5. The zero-order chi connectivity index (χ0) is 15.9. The van der Waals surface area contributed by atoms with Crippen molar-refractivity contribution >= 4 is 11.7 Å². The van der Waals surface area contributed by atoms with Crippen LogP contribution < -0.4 is 10.2 Å². The van der Waals surface area contributed by atoms with Crippen LogP contribution in [0.3, 0.4) is 0 Å². The first kappa shape index (κ1) is 16.2. The van der Waals surface area contributed by atoms with Gasteiger partial charge >= 0.3 is 0 Å². The minimum Gasteiger partial charge on any atom is -0.358 e. The van der Waals surface area contributed by atoms with E-state index in [4.69, 9.17) is 5.26 Å². The van der Waals surface area contributed by atoms with Crippen LogP contribution >= 0.6 is 0 Å². The fraction of sp³-hybridized carbons (Fsp3) is 0.562. The maximum atomic E-state index is 11.4. The van der Waals surface area contributed by atoms with Crippen LogP contribution in [0.15, 0.2) is 18.3 Å². The van der Waals surface area contributed by atoms with E-state index in [1.807, 2.05) is 7.05 Å². The molecule has 0 atom stereocenters. The average molecular weight is 301 g/mol. The van der Waals surface area contributed by atoms with Crippen molar-refractivity contribution in [2.24, 2.45) is 5.92 Å². The third-order valence-electron chi connectivity index (χ3n) is 4.15. The molecule has 1 aromatic heterocycles. The highest BCUT2D eigenvalue weighted by Gasteiger charge is 2.22. The summed E-state index contributed by atoms with van der Waals surface area (Å²) in [6.07, 6.45) is 3.85. The van der Waals surface area contributed by atoms with Crippen LogP contribution in [-0.2, 0) is 4.79 Å². The Labute approximate surface area is 131 Å². The Kier molecular flexibility index (Phi) is 5.73. The van der Waals surface area contributed by atoms with E-state index < -0.39 is 0 Å². The van der Waals surface area contributed by atoms with E-state index in [9.17, 15) is 4.79 Å². The second kappa shape index (κ2) is 7.76. The third-order valence-corrected chi connectivity index (χ3v) is 4.15. The summed E-state index contributed by atoms with van der Waals surface area (Å²) in [5, 5.41) is 11.8. The number of nitrogens with one attached hydrogen (secondary N) is 1. The molecule has 22 heavy (non-hydrogen) atoms. The number of hydrogen-bond acceptors (Lipinski definition) is 5. The van der Waals surface area contributed by atoms with Crippen molar-refractivity contribution in [3.8, 4) is 6.07 Å². The SMILES string of the molecule is CNC(=O)CN1CCC(CN(C)c2ncccc2C#N)CC1. The van der Waals surface area contributed by atoms with Crippen LogP contribution in [0.2, 0.25) is 0 Å². The van der Waals surface area contributed by atoms with Crippen LogP contribution in [0.4, 0.5) is 5.82 Å². The lowest BCUT2D eigenvalue weighted by Crippen LogP contribution is -2.42. The molecule has 0 unspecified atom stereocenters. The summed E-state index contributed by atoms with van der Waals surface area (Å²) >= 11 is 0. The number of carbonyl (C=O) groups excluding carboxylic acids is 1. The molecule has 1 amide bonds. The van der Waals surface area contributed by atoms with Gasteiger partial charge < -0.3 is 10.2 Å². The van der Waals surface area contributed by atoms with Gasteiger partial charge in [-0.1, -0.05) is 0 Å². The van der Waals surface area contributed by atoms with Gasteiger partial charge in [-0.3, -0.25) is 9.69 Å². The van der Waals surface area contributed by atoms with Gasteiger partial charge in [0.25, 0.3) is 0 Å². The summed E-state index contributed by atoms with van der Waals surface area (Å²) in [4.78, 5) is 20.0. The Hall–Kier alpha value is -2.13. The fourth-order valence-electron chi connectivity index (χ4n) is 2.87. The first-order valence-corrected chi connectivity index (χ1v) is 7.63. The first-order chi connectivity index (χ1) is 10.6. The molecule has 1 saturated heterocycles. The van der Waals surface area contributed by atoms with Crippen LogP contribution in [0.5, 0.6) is 0 Å². The standard InChI is InChI=1S/C16H23N5O/c1-18-15(22)12-21-8-5-13(6-9-21)11-20(2)16-14(10-17)4-3-7-19-16/h3-4,7,13H,5-6,8-9,11-12H2,1-2H3,(H,18,22). The Morgan fingerprint density at radius 3 is 2.91 bits per heavy atom. The highest BCUT2D eigenvalue weighted by molar-refractivity contribution is 5.77. The van der Waals surface area contributed by atoms with E-state index in [0.717, 1.165) is 38.3 Å². The van der Waals surface area contributed by atoms with Crippen LogP contribution in [0.25, 0.3) is 0 Å². The smallest absolute Gasteiger partial charge is 0.233 e. The van der Waals surface area contributed by atoms with Crippen molar-refractivity contribution in [2.45, 2.75) is 12.8 Å². The summed E-state index contributed by atoms with van der Waals surface area (Å²) in [5.74, 6) is 1.39. The van der Waals surface area contributed by atoms with Gasteiger partial charge in [-0.2, -0.15) is 5.26 Å². The van der Waals surface area contributed by atoms with Gasteiger partial charge in [0.2, 0.25) is 5.91 Å². The molecule has 2 heterocycles. The second-order valence-electron chi connectivity index (χ2n) is 5.76. The zero-order valence-electron chi connectivity index (χ0n) is 13.2. The molecule has 0 aliphatic carbocycles. The first-order valence-electron chi connectivity index (χ1n) is 7.63. The summed E-state index contributed by atoms with van der Waals surface area (Å²) in [6, 6.07) is 5.77. The van der Waals surface area contributed by atoms with Crippen LogP contribution in [0.1, 0.15) is 18.4 Å². The molecule has 1 aliphatic heterocycles. The molecular weight excluding hydrogens is 278 g/mol. The van der Waals surface area contributed by atoms with E-state index in [2.05, 4.69) is 26.2 Å². The number of likely N-dealkylation sites (N-methyl/N-ethyl adjacent to an activating group) is 1. The number of anilines is 1. The van der Waals surface area contributed by atoms with Crippen molar-refractivity contribution < 1.29 is 4.79 Å². The number of hydrogen-bond donors (Lipinski definition) is 1. The molecule has 0 bridgehead atoms. The molecule has 6 nitrogen and oxygen atoms in total. The van der Waals surface area contributed by atoms with Gasteiger partial charge in [0.1, 0.15) is 11.9 Å². The molecule has 0 saturated carbocycles. The van der Waals surface area contributed by atoms with Crippen molar-refractivity contribution in [1.82, 2.24) is 15.2 Å². The zero-order valence-corrected chi connectivity index (χ0v) is 13.2. The summed E-state index contributed by atoms with van der Waals surface area (Å²) in [6.45, 7) is 3.26. The number of nitriles is 1. The quantitative estimate of drug-likeness (QED) is 0.873. The van der Waals surface area contributed by atoms with Crippen molar-refractivity contribution in [2.75, 3.05) is 45.2 Å². The van der Waals surface area contributed by atoms with Crippen molar-refractivity contribution in [1.29, 1.82) is 5.26 Å². The van der Waals surface area contributed by atoms with E-state index >= 15 is 0 Å². The Morgan fingerprint density at radius 1 is 1.55 bits per heavy atom. The van der Waals surface area contributed by atoms with Gasteiger partial charge in [-0.25, -0.2) is 4.98 Å². The molecule has 6 heteroatoms. The highest BCUT2D eigenvalue weighted by atomic mass is 16.1. The number of carbonyl (C=O) groups is 1. The fourth-order valence-corrected chi connectivity index (χ4v) is 2.87. The normalized spacial score (nSPS) is 16.0. The van der Waals surface area contributed by atoms with Crippen molar-refractivity contribution in [3.05, 3.63) is 23.9 Å². The van der Waals surface area contributed by atoms with E-state index in [0.29, 0.717) is 18.0 Å². The predicted octanol–water partition coefficient (Wildman–Crippen LogP) is 0.847. The summed E-state index contributed by atoms with van der Waals surface area (Å²) < 4.78 is 0. The lowest BCUT2D eigenvalue weighted by molar-refractivity contribution is -0.122. The number of piperidine rings is 1. The Morgan fingerprint density at radius 2 is 2.27 bits per heavy atom. The lowest BCUT2D eigenvalue weighted by Gasteiger charge is -2.33. The average Bonchev–Trinajstić information content (AvgIpc) is 2.56. The maximum absolute atomic E-state index is 11.4. The molecule has 0 spiro atoms. The molecule has 118 valence electrons. The largest absolute Gasteiger partial charge is 0.358 e. The van der Waals surface area contributed by atoms with E-state index in [-0.39, 0.29) is 5.91 Å². The topological polar surface area (TPSA) is 72.3 Å². The van der Waals surface area contributed by atoms with Gasteiger partial charge in [0, 0.05) is 26.8 Å². The summed E-state index contributed by atoms with van der Waals surface area (Å²) in [5.41, 5.74) is 0.613. The van der Waals surface area contributed by atoms with Gasteiger partial charge in [-0.05, 0) is 44.0 Å². The lowest BCUT2D eigenvalue weighted by atomic mass is 9.96. The summed E-state index contributed by atoms with van der Waals surface area (Å²) in [7, 11) is 3.66. The minimum absolute atomic E-state index is 0.0720. The van der Waals surface area contributed by atoms with Crippen molar-refractivity contribution in [3.63, 3.8) is 0 Å². The monoisotopic (exact) mass is 301 g/mol. The second-order valence-corrected chi connectivity index (χ2v) is 5.76. The highest BCUT2D eigenvalue weighted by Crippen LogP contribution is 2.21. The van der Waals surface area contributed by atoms with E-state index in [1.165, 1.54) is 0 Å². The van der Waals surface area contributed by atoms with Crippen LogP contribution in [0, 0.1) is 17.2 Å². The minimum atomic E-state index is 0.0720. The molecule has 1 fully saturated rings. The van der Waals surface area contributed by atoms with E-state index in [1.54, 1.807) is 25.4 Å². The molecule has 0 radical (unpaired) electrons. The molecule has 1 aromatic rings. The number of likely N-dealkylation sites (tertiary alicyclic amines) is 1. The number of nitrogens with zero attached hydrogens (tertiary/aromatic N) is 4. The third kappa shape index (κ3) is 4.18. The Balaban J connectivity index is 1.85. The molecule has 2 rings (SSSR count). The number of aromatic nitrogens is 1. The van der Waals surface area contributed by atoms with Gasteiger partial charge in [0.15, 0.2) is 0 Å². The number of pyridine rings is 1. The molecule has 1 N–H and O–H groups in total. The van der Waals surface area contributed by atoms with Gasteiger partial charge in [-0.15, -0.1) is 0 Å².